The van der Waals surface area contributed by atoms with Crippen molar-refractivity contribution in [1.82, 2.24) is 5.43 Å². The number of benzene rings is 1. The molecule has 0 aromatic heterocycles. The van der Waals surface area contributed by atoms with Gasteiger partial charge in [0.15, 0.2) is 0 Å². The van der Waals surface area contributed by atoms with Crippen molar-refractivity contribution in [1.29, 1.82) is 0 Å². The molecule has 0 aliphatic carbocycles. The van der Waals surface area contributed by atoms with Gasteiger partial charge in [0.05, 0.1) is 10.5 Å². The second kappa shape index (κ2) is 7.02. The fourth-order valence-corrected chi connectivity index (χ4v) is 4.00. The summed E-state index contributed by atoms with van der Waals surface area (Å²) >= 11 is 5.02. The minimum absolute atomic E-state index is 0.0371. The predicted molar refractivity (Wildman–Crippen MR) is 78.8 cm³/mol. The molecule has 3 N–H and O–H groups in total. The SMILES string of the molecule is NNC(CC1CCSCC1)c1c(F)ccc(Br)c1F. The van der Waals surface area contributed by atoms with E-state index >= 15 is 0 Å². The number of hydrogen-bond acceptors (Lipinski definition) is 3. The summed E-state index contributed by atoms with van der Waals surface area (Å²) in [5.41, 5.74) is 2.60. The van der Waals surface area contributed by atoms with E-state index in [1.54, 1.807) is 0 Å². The van der Waals surface area contributed by atoms with Crippen LogP contribution in [0, 0.1) is 17.6 Å². The molecule has 2 nitrogen and oxygen atoms in total. The van der Waals surface area contributed by atoms with Gasteiger partial charge >= 0.3 is 0 Å². The Hall–Kier alpha value is -0.170. The summed E-state index contributed by atoms with van der Waals surface area (Å²) < 4.78 is 28.2. The van der Waals surface area contributed by atoms with Crippen LogP contribution in [-0.2, 0) is 0 Å². The lowest BCUT2D eigenvalue weighted by Crippen LogP contribution is -2.32. The van der Waals surface area contributed by atoms with Crippen molar-refractivity contribution in [3.05, 3.63) is 33.8 Å². The van der Waals surface area contributed by atoms with Crippen molar-refractivity contribution >= 4 is 27.7 Å². The first-order valence-corrected chi connectivity index (χ1v) is 8.25. The molecule has 1 atom stereocenters. The van der Waals surface area contributed by atoms with Crippen LogP contribution in [0.25, 0.3) is 0 Å². The average molecular weight is 351 g/mol. The molecular formula is C13H17BrF2N2S. The van der Waals surface area contributed by atoms with E-state index in [0.717, 1.165) is 24.3 Å². The van der Waals surface area contributed by atoms with Gasteiger partial charge in [-0.05, 0) is 64.7 Å². The quantitative estimate of drug-likeness (QED) is 0.493. The number of halogens is 3. The van der Waals surface area contributed by atoms with E-state index in [1.807, 2.05) is 11.8 Å². The zero-order chi connectivity index (χ0) is 13.8. The molecule has 0 saturated carbocycles. The molecule has 1 saturated heterocycles. The Morgan fingerprint density at radius 1 is 1.37 bits per heavy atom. The highest BCUT2D eigenvalue weighted by Crippen LogP contribution is 2.34. The topological polar surface area (TPSA) is 38.0 Å². The molecule has 106 valence electrons. The van der Waals surface area contributed by atoms with Crippen LogP contribution in [0.4, 0.5) is 8.78 Å². The molecule has 6 heteroatoms. The highest BCUT2D eigenvalue weighted by atomic mass is 79.9. The number of thioether (sulfide) groups is 1. The Balaban J connectivity index is 2.19. The van der Waals surface area contributed by atoms with Gasteiger partial charge in [-0.15, -0.1) is 0 Å². The molecule has 1 aliphatic rings. The Bertz CT molecular complexity index is 439. The van der Waals surface area contributed by atoms with E-state index in [4.69, 9.17) is 5.84 Å². The normalized spacial score (nSPS) is 18.5. The zero-order valence-corrected chi connectivity index (χ0v) is 12.9. The van der Waals surface area contributed by atoms with Crippen molar-refractivity contribution in [3.8, 4) is 0 Å². The average Bonchev–Trinajstić information content (AvgIpc) is 2.43. The molecule has 0 radical (unpaired) electrons. The molecule has 1 aromatic rings. The maximum atomic E-state index is 14.1. The molecule has 0 bridgehead atoms. The minimum Gasteiger partial charge on any atom is -0.271 e. The van der Waals surface area contributed by atoms with Crippen molar-refractivity contribution in [2.75, 3.05) is 11.5 Å². The molecule has 1 aromatic carbocycles. The number of nitrogens with one attached hydrogen (secondary N) is 1. The van der Waals surface area contributed by atoms with Gasteiger partial charge in [0.1, 0.15) is 11.6 Å². The fraction of sp³-hybridized carbons (Fsp3) is 0.538. The molecule has 19 heavy (non-hydrogen) atoms. The molecule has 0 amide bonds. The van der Waals surface area contributed by atoms with Gasteiger partial charge in [-0.2, -0.15) is 11.8 Å². The van der Waals surface area contributed by atoms with E-state index in [1.165, 1.54) is 12.1 Å². The van der Waals surface area contributed by atoms with Gasteiger partial charge in [-0.25, -0.2) is 8.78 Å². The lowest BCUT2D eigenvalue weighted by atomic mass is 9.90. The Morgan fingerprint density at radius 2 is 2.05 bits per heavy atom. The van der Waals surface area contributed by atoms with Crippen molar-refractivity contribution < 1.29 is 8.78 Å². The van der Waals surface area contributed by atoms with Gasteiger partial charge in [-0.3, -0.25) is 11.3 Å². The largest absolute Gasteiger partial charge is 0.271 e. The third-order valence-electron chi connectivity index (χ3n) is 3.54. The molecule has 1 heterocycles. The fourth-order valence-electron chi connectivity index (χ4n) is 2.45. The molecule has 1 unspecified atom stereocenters. The lowest BCUT2D eigenvalue weighted by Gasteiger charge is -2.26. The van der Waals surface area contributed by atoms with Gasteiger partial charge in [0, 0.05) is 5.56 Å². The van der Waals surface area contributed by atoms with Crippen molar-refractivity contribution in [2.24, 2.45) is 11.8 Å². The summed E-state index contributed by atoms with van der Waals surface area (Å²) in [6, 6.07) is 2.16. The summed E-state index contributed by atoms with van der Waals surface area (Å²) in [5.74, 6) is 7.10. The summed E-state index contributed by atoms with van der Waals surface area (Å²) in [6.07, 6.45) is 2.83. The van der Waals surface area contributed by atoms with E-state index in [0.29, 0.717) is 12.3 Å². The van der Waals surface area contributed by atoms with Gasteiger partial charge < -0.3 is 0 Å². The second-order valence-electron chi connectivity index (χ2n) is 4.77. The van der Waals surface area contributed by atoms with E-state index in [2.05, 4.69) is 21.4 Å². The van der Waals surface area contributed by atoms with Crippen LogP contribution in [0.1, 0.15) is 30.9 Å². The second-order valence-corrected chi connectivity index (χ2v) is 6.85. The van der Waals surface area contributed by atoms with E-state index in [9.17, 15) is 8.78 Å². The minimum atomic E-state index is -0.562. The van der Waals surface area contributed by atoms with Gasteiger partial charge in [0.25, 0.3) is 0 Å². The first-order chi connectivity index (χ1) is 9.13. The summed E-state index contributed by atoms with van der Waals surface area (Å²) in [5, 5.41) is 0. The molecular weight excluding hydrogens is 334 g/mol. The maximum Gasteiger partial charge on any atom is 0.145 e. The zero-order valence-electron chi connectivity index (χ0n) is 10.5. The molecule has 0 spiro atoms. The van der Waals surface area contributed by atoms with Gasteiger partial charge in [-0.1, -0.05) is 0 Å². The molecule has 1 aliphatic heterocycles. The standard InChI is InChI=1S/C13H17BrF2N2S/c14-9-1-2-10(15)12(13(9)16)11(18-17)7-8-3-5-19-6-4-8/h1-2,8,11,18H,3-7,17H2. The highest BCUT2D eigenvalue weighted by Gasteiger charge is 2.25. The van der Waals surface area contributed by atoms with Crippen LogP contribution >= 0.6 is 27.7 Å². The third-order valence-corrected chi connectivity index (χ3v) is 5.20. The molecule has 1 fully saturated rings. The number of rotatable bonds is 4. The van der Waals surface area contributed by atoms with Crippen LogP contribution in [0.3, 0.4) is 0 Å². The van der Waals surface area contributed by atoms with Crippen LogP contribution in [-0.4, -0.2) is 11.5 Å². The Kier molecular flexibility index (Phi) is 5.62. The predicted octanol–water partition coefficient (Wildman–Crippen LogP) is 3.77. The highest BCUT2D eigenvalue weighted by molar-refractivity contribution is 9.10. The Morgan fingerprint density at radius 3 is 2.68 bits per heavy atom. The Labute approximate surface area is 124 Å². The van der Waals surface area contributed by atoms with Crippen molar-refractivity contribution in [2.45, 2.75) is 25.3 Å². The first kappa shape index (κ1) is 15.2. The third kappa shape index (κ3) is 3.68. The first-order valence-electron chi connectivity index (χ1n) is 6.30. The maximum absolute atomic E-state index is 14.1. The van der Waals surface area contributed by atoms with Crippen molar-refractivity contribution in [3.63, 3.8) is 0 Å². The molecule has 2 rings (SSSR count). The van der Waals surface area contributed by atoms with Crippen LogP contribution in [0.15, 0.2) is 16.6 Å². The summed E-state index contributed by atoms with van der Waals surface area (Å²) in [7, 11) is 0. The summed E-state index contributed by atoms with van der Waals surface area (Å²) in [6.45, 7) is 0. The summed E-state index contributed by atoms with van der Waals surface area (Å²) in [4.78, 5) is 0. The number of hydrogen-bond donors (Lipinski definition) is 2. The van der Waals surface area contributed by atoms with E-state index in [-0.39, 0.29) is 10.0 Å². The monoisotopic (exact) mass is 350 g/mol. The number of nitrogens with two attached hydrogens (primary N) is 1. The van der Waals surface area contributed by atoms with E-state index < -0.39 is 17.7 Å². The van der Waals surface area contributed by atoms with Gasteiger partial charge in [0.2, 0.25) is 0 Å². The van der Waals surface area contributed by atoms with Crippen LogP contribution < -0.4 is 11.3 Å². The lowest BCUT2D eigenvalue weighted by molar-refractivity contribution is 0.356. The van der Waals surface area contributed by atoms with Crippen LogP contribution in [0.5, 0.6) is 0 Å². The van der Waals surface area contributed by atoms with Crippen LogP contribution in [0.2, 0.25) is 0 Å². The smallest absolute Gasteiger partial charge is 0.145 e. The number of hydrazine groups is 1.